The molecular formula is C12H16N2O3S. The van der Waals surface area contributed by atoms with Crippen molar-refractivity contribution in [3.8, 4) is 11.5 Å². The van der Waals surface area contributed by atoms with E-state index >= 15 is 0 Å². The third kappa shape index (κ3) is 3.54. The number of rotatable bonds is 6. The topological polar surface area (TPSA) is 73.6 Å². The van der Waals surface area contributed by atoms with Gasteiger partial charge in [-0.2, -0.15) is 11.8 Å². The Morgan fingerprint density at radius 2 is 2.22 bits per heavy atom. The Kier molecular flexibility index (Phi) is 4.72. The number of ether oxygens (including phenoxy) is 2. The molecule has 0 atom stereocenters. The van der Waals surface area contributed by atoms with Crippen LogP contribution in [0.15, 0.2) is 18.2 Å². The van der Waals surface area contributed by atoms with Gasteiger partial charge in [-0.3, -0.25) is 4.79 Å². The third-order valence-electron chi connectivity index (χ3n) is 2.42. The molecule has 0 aliphatic carbocycles. The average molecular weight is 268 g/mol. The Labute approximate surface area is 110 Å². The molecule has 18 heavy (non-hydrogen) atoms. The highest BCUT2D eigenvalue weighted by Crippen LogP contribution is 2.32. The van der Waals surface area contributed by atoms with Crippen LogP contribution < -0.4 is 20.5 Å². The second kappa shape index (κ2) is 6.51. The van der Waals surface area contributed by atoms with Crippen molar-refractivity contribution in [2.45, 2.75) is 6.54 Å². The second-order valence-corrected chi connectivity index (χ2v) is 4.91. The van der Waals surface area contributed by atoms with E-state index in [0.29, 0.717) is 18.8 Å². The summed E-state index contributed by atoms with van der Waals surface area (Å²) < 4.78 is 10.5. The van der Waals surface area contributed by atoms with Gasteiger partial charge in [-0.1, -0.05) is 6.07 Å². The van der Waals surface area contributed by atoms with Gasteiger partial charge < -0.3 is 20.5 Å². The van der Waals surface area contributed by atoms with Gasteiger partial charge in [0, 0.05) is 18.8 Å². The number of hydrogen-bond donors (Lipinski definition) is 2. The van der Waals surface area contributed by atoms with Crippen LogP contribution in [0.25, 0.3) is 0 Å². The predicted octanol–water partition coefficient (Wildman–Crippen LogP) is 0.723. The van der Waals surface area contributed by atoms with Crippen LogP contribution in [0.5, 0.6) is 11.5 Å². The van der Waals surface area contributed by atoms with Crippen molar-refractivity contribution < 1.29 is 14.3 Å². The number of nitrogens with two attached hydrogens (primary N) is 1. The Hall–Kier alpha value is -1.40. The highest BCUT2D eigenvalue weighted by molar-refractivity contribution is 7.99. The molecule has 0 saturated carbocycles. The lowest BCUT2D eigenvalue weighted by molar-refractivity contribution is -0.118. The van der Waals surface area contributed by atoms with E-state index in [9.17, 15) is 4.79 Å². The number of carbonyl (C=O) groups excluding carboxylic acids is 1. The third-order valence-corrected chi connectivity index (χ3v) is 3.41. The zero-order valence-corrected chi connectivity index (χ0v) is 10.8. The normalized spacial score (nSPS) is 12.5. The fourth-order valence-corrected chi connectivity index (χ4v) is 2.15. The summed E-state index contributed by atoms with van der Waals surface area (Å²) in [6, 6.07) is 5.66. The summed E-state index contributed by atoms with van der Waals surface area (Å²) in [5.41, 5.74) is 6.35. The summed E-state index contributed by atoms with van der Waals surface area (Å²) in [7, 11) is 0. The molecule has 98 valence electrons. The van der Waals surface area contributed by atoms with E-state index in [1.54, 1.807) is 0 Å². The molecular weight excluding hydrogens is 252 g/mol. The monoisotopic (exact) mass is 268 g/mol. The van der Waals surface area contributed by atoms with E-state index in [2.05, 4.69) is 5.32 Å². The Bertz CT molecular complexity index is 426. The standard InChI is InChI=1S/C12H16N2O3S/c13-3-4-18-7-12(15)14-6-9-1-2-10-11(5-9)17-8-16-10/h1-2,5H,3-4,6-8,13H2,(H,14,15). The Morgan fingerprint density at radius 1 is 1.39 bits per heavy atom. The highest BCUT2D eigenvalue weighted by atomic mass is 32.2. The van der Waals surface area contributed by atoms with Crippen molar-refractivity contribution in [3.63, 3.8) is 0 Å². The van der Waals surface area contributed by atoms with Gasteiger partial charge in [0.15, 0.2) is 11.5 Å². The van der Waals surface area contributed by atoms with E-state index in [0.717, 1.165) is 22.8 Å². The summed E-state index contributed by atoms with van der Waals surface area (Å²) in [6.45, 7) is 1.36. The largest absolute Gasteiger partial charge is 0.454 e. The lowest BCUT2D eigenvalue weighted by Crippen LogP contribution is -2.25. The van der Waals surface area contributed by atoms with Crippen molar-refractivity contribution in [1.29, 1.82) is 0 Å². The van der Waals surface area contributed by atoms with Gasteiger partial charge in [-0.05, 0) is 17.7 Å². The molecule has 3 N–H and O–H groups in total. The molecule has 6 heteroatoms. The molecule has 0 fully saturated rings. The summed E-state index contributed by atoms with van der Waals surface area (Å²) in [6.07, 6.45) is 0. The van der Waals surface area contributed by atoms with E-state index in [1.807, 2.05) is 18.2 Å². The van der Waals surface area contributed by atoms with Crippen molar-refractivity contribution in [1.82, 2.24) is 5.32 Å². The number of fused-ring (bicyclic) bond motifs is 1. The van der Waals surface area contributed by atoms with Crippen molar-refractivity contribution in [2.24, 2.45) is 5.73 Å². The van der Waals surface area contributed by atoms with Crippen LogP contribution in [0.3, 0.4) is 0 Å². The number of carbonyl (C=O) groups is 1. The van der Waals surface area contributed by atoms with Crippen LogP contribution in [-0.4, -0.2) is 30.8 Å². The van der Waals surface area contributed by atoms with Gasteiger partial charge in [0.25, 0.3) is 0 Å². The lowest BCUT2D eigenvalue weighted by atomic mass is 10.2. The number of benzene rings is 1. The molecule has 1 aliphatic heterocycles. The van der Waals surface area contributed by atoms with Gasteiger partial charge in [0.05, 0.1) is 5.75 Å². The van der Waals surface area contributed by atoms with Gasteiger partial charge in [-0.15, -0.1) is 0 Å². The first-order valence-electron chi connectivity index (χ1n) is 5.72. The van der Waals surface area contributed by atoms with Crippen LogP contribution in [-0.2, 0) is 11.3 Å². The summed E-state index contributed by atoms with van der Waals surface area (Å²) in [5.74, 6) is 2.76. The van der Waals surface area contributed by atoms with Gasteiger partial charge >= 0.3 is 0 Å². The van der Waals surface area contributed by atoms with E-state index < -0.39 is 0 Å². The molecule has 2 rings (SSSR count). The fourth-order valence-electron chi connectivity index (χ4n) is 1.55. The molecule has 0 spiro atoms. The van der Waals surface area contributed by atoms with Crippen LogP contribution in [0.1, 0.15) is 5.56 Å². The smallest absolute Gasteiger partial charge is 0.231 e. The zero-order chi connectivity index (χ0) is 12.8. The summed E-state index contributed by atoms with van der Waals surface area (Å²) in [4.78, 5) is 11.5. The quantitative estimate of drug-likeness (QED) is 0.744. The minimum Gasteiger partial charge on any atom is -0.454 e. The second-order valence-electron chi connectivity index (χ2n) is 3.81. The SMILES string of the molecule is NCCSCC(=O)NCc1ccc2c(c1)OCO2. The number of hydrogen-bond acceptors (Lipinski definition) is 5. The first-order valence-corrected chi connectivity index (χ1v) is 6.88. The number of thioether (sulfide) groups is 1. The molecule has 1 amide bonds. The minimum atomic E-state index is 0.0196. The average Bonchev–Trinajstić information content (AvgIpc) is 2.84. The zero-order valence-electron chi connectivity index (χ0n) is 9.98. The molecule has 1 aromatic carbocycles. The van der Waals surface area contributed by atoms with Gasteiger partial charge in [0.2, 0.25) is 12.7 Å². The molecule has 0 saturated heterocycles. The molecule has 5 nitrogen and oxygen atoms in total. The van der Waals surface area contributed by atoms with Crippen LogP contribution in [0, 0.1) is 0 Å². The van der Waals surface area contributed by atoms with E-state index in [4.69, 9.17) is 15.2 Å². The predicted molar refractivity (Wildman–Crippen MR) is 70.8 cm³/mol. The van der Waals surface area contributed by atoms with Crippen molar-refractivity contribution in [2.75, 3.05) is 24.8 Å². The molecule has 0 bridgehead atoms. The maximum Gasteiger partial charge on any atom is 0.231 e. The fraction of sp³-hybridized carbons (Fsp3) is 0.417. The molecule has 0 radical (unpaired) electrons. The summed E-state index contributed by atoms with van der Waals surface area (Å²) >= 11 is 1.53. The number of nitrogens with one attached hydrogen (secondary N) is 1. The molecule has 0 unspecified atom stereocenters. The minimum absolute atomic E-state index is 0.0196. The lowest BCUT2D eigenvalue weighted by Gasteiger charge is -2.06. The first-order chi connectivity index (χ1) is 8.79. The summed E-state index contributed by atoms with van der Waals surface area (Å²) in [5, 5.41) is 2.85. The maximum atomic E-state index is 11.5. The highest BCUT2D eigenvalue weighted by Gasteiger charge is 2.13. The van der Waals surface area contributed by atoms with E-state index in [1.165, 1.54) is 11.8 Å². The van der Waals surface area contributed by atoms with Crippen molar-refractivity contribution >= 4 is 17.7 Å². The molecule has 1 aromatic rings. The van der Waals surface area contributed by atoms with Crippen LogP contribution >= 0.6 is 11.8 Å². The van der Waals surface area contributed by atoms with Crippen molar-refractivity contribution in [3.05, 3.63) is 23.8 Å². The number of amides is 1. The van der Waals surface area contributed by atoms with Gasteiger partial charge in [-0.25, -0.2) is 0 Å². The molecule has 1 aliphatic rings. The van der Waals surface area contributed by atoms with Crippen LogP contribution in [0.2, 0.25) is 0 Å². The van der Waals surface area contributed by atoms with Gasteiger partial charge in [0.1, 0.15) is 0 Å². The first kappa shape index (κ1) is 13.0. The molecule has 0 aromatic heterocycles. The van der Waals surface area contributed by atoms with Crippen LogP contribution in [0.4, 0.5) is 0 Å². The Balaban J connectivity index is 1.78. The molecule has 1 heterocycles. The maximum absolute atomic E-state index is 11.5. The Morgan fingerprint density at radius 3 is 3.06 bits per heavy atom. The van der Waals surface area contributed by atoms with E-state index in [-0.39, 0.29) is 12.7 Å².